The first kappa shape index (κ1) is 8.97. The van der Waals surface area contributed by atoms with Gasteiger partial charge in [0, 0.05) is 26.2 Å². The SMILES string of the molecule is CN(C)CC1CN(C)CC[N]1. The zero-order valence-electron chi connectivity index (χ0n) is 7.75. The van der Waals surface area contributed by atoms with Crippen LogP contribution in [0.15, 0.2) is 0 Å². The van der Waals surface area contributed by atoms with Crippen LogP contribution >= 0.6 is 0 Å². The number of piperazine rings is 1. The molecule has 0 aromatic rings. The van der Waals surface area contributed by atoms with Crippen molar-refractivity contribution in [1.29, 1.82) is 0 Å². The van der Waals surface area contributed by atoms with E-state index >= 15 is 0 Å². The van der Waals surface area contributed by atoms with E-state index in [1.807, 2.05) is 0 Å². The van der Waals surface area contributed by atoms with Gasteiger partial charge in [-0.15, -0.1) is 0 Å². The smallest absolute Gasteiger partial charge is 0.0500 e. The van der Waals surface area contributed by atoms with Crippen LogP contribution in [-0.4, -0.2) is 63.2 Å². The summed E-state index contributed by atoms with van der Waals surface area (Å²) in [5, 5.41) is 4.54. The van der Waals surface area contributed by atoms with Gasteiger partial charge in [-0.2, -0.15) is 0 Å². The van der Waals surface area contributed by atoms with Crippen LogP contribution in [0.2, 0.25) is 0 Å². The monoisotopic (exact) mass is 156 g/mol. The molecule has 1 aliphatic rings. The van der Waals surface area contributed by atoms with Gasteiger partial charge in [-0.3, -0.25) is 0 Å². The Balaban J connectivity index is 2.23. The molecule has 0 amide bonds. The highest BCUT2D eigenvalue weighted by Gasteiger charge is 2.17. The van der Waals surface area contributed by atoms with Gasteiger partial charge in [0.15, 0.2) is 0 Å². The molecule has 1 unspecified atom stereocenters. The highest BCUT2D eigenvalue weighted by Crippen LogP contribution is 1.98. The highest BCUT2D eigenvalue weighted by molar-refractivity contribution is 4.77. The second kappa shape index (κ2) is 4.04. The highest BCUT2D eigenvalue weighted by atomic mass is 15.2. The fraction of sp³-hybridized carbons (Fsp3) is 1.00. The summed E-state index contributed by atoms with van der Waals surface area (Å²) in [6.07, 6.45) is 0. The van der Waals surface area contributed by atoms with Gasteiger partial charge in [-0.25, -0.2) is 5.32 Å². The molecule has 3 heteroatoms. The molecule has 1 aliphatic heterocycles. The maximum absolute atomic E-state index is 4.54. The van der Waals surface area contributed by atoms with Gasteiger partial charge in [0.1, 0.15) is 0 Å². The molecule has 1 saturated heterocycles. The topological polar surface area (TPSA) is 20.6 Å². The Labute approximate surface area is 69.4 Å². The fourth-order valence-electron chi connectivity index (χ4n) is 1.46. The predicted molar refractivity (Wildman–Crippen MR) is 46.8 cm³/mol. The van der Waals surface area contributed by atoms with Crippen molar-refractivity contribution in [3.05, 3.63) is 0 Å². The van der Waals surface area contributed by atoms with Gasteiger partial charge >= 0.3 is 0 Å². The lowest BCUT2D eigenvalue weighted by molar-refractivity contribution is 0.204. The van der Waals surface area contributed by atoms with E-state index in [4.69, 9.17) is 0 Å². The predicted octanol–water partition coefficient (Wildman–Crippen LogP) is -0.534. The van der Waals surface area contributed by atoms with Crippen molar-refractivity contribution in [2.24, 2.45) is 0 Å². The van der Waals surface area contributed by atoms with Gasteiger partial charge in [0.2, 0.25) is 0 Å². The first-order valence-electron chi connectivity index (χ1n) is 4.18. The third-order valence-electron chi connectivity index (χ3n) is 1.97. The summed E-state index contributed by atoms with van der Waals surface area (Å²) in [6, 6.07) is 0.531. The van der Waals surface area contributed by atoms with Gasteiger partial charge < -0.3 is 9.80 Å². The first-order valence-corrected chi connectivity index (χ1v) is 4.18. The third kappa shape index (κ3) is 3.18. The molecule has 0 spiro atoms. The average molecular weight is 156 g/mol. The summed E-state index contributed by atoms with van der Waals surface area (Å²) in [4.78, 5) is 4.55. The molecule has 1 radical (unpaired) electrons. The Morgan fingerprint density at radius 1 is 1.55 bits per heavy atom. The third-order valence-corrected chi connectivity index (χ3v) is 1.97. The Hall–Kier alpha value is -0.120. The molecule has 0 N–H and O–H groups in total. The maximum atomic E-state index is 4.54. The van der Waals surface area contributed by atoms with E-state index in [1.54, 1.807) is 0 Å². The van der Waals surface area contributed by atoms with E-state index in [0.717, 1.165) is 26.2 Å². The number of likely N-dealkylation sites (N-methyl/N-ethyl adjacent to an activating group) is 2. The number of hydrogen-bond acceptors (Lipinski definition) is 2. The Morgan fingerprint density at radius 3 is 2.82 bits per heavy atom. The first-order chi connectivity index (χ1) is 5.18. The Morgan fingerprint density at radius 2 is 2.27 bits per heavy atom. The van der Waals surface area contributed by atoms with Crippen LogP contribution in [0.4, 0.5) is 0 Å². The second-order valence-electron chi connectivity index (χ2n) is 3.58. The molecule has 0 bridgehead atoms. The van der Waals surface area contributed by atoms with E-state index in [9.17, 15) is 0 Å². The quantitative estimate of drug-likeness (QED) is 0.535. The van der Waals surface area contributed by atoms with Crippen LogP contribution < -0.4 is 5.32 Å². The van der Waals surface area contributed by atoms with Crippen LogP contribution in [0.25, 0.3) is 0 Å². The van der Waals surface area contributed by atoms with Crippen LogP contribution in [0.5, 0.6) is 0 Å². The number of hydrogen-bond donors (Lipinski definition) is 0. The van der Waals surface area contributed by atoms with Crippen LogP contribution in [0.1, 0.15) is 0 Å². The summed E-state index contributed by atoms with van der Waals surface area (Å²) < 4.78 is 0. The van der Waals surface area contributed by atoms with Gasteiger partial charge in [-0.1, -0.05) is 0 Å². The average Bonchev–Trinajstić information content (AvgIpc) is 1.85. The molecular formula is C8H18N3. The molecule has 1 atom stereocenters. The number of rotatable bonds is 2. The van der Waals surface area contributed by atoms with Crippen molar-refractivity contribution in [2.75, 3.05) is 47.3 Å². The summed E-state index contributed by atoms with van der Waals surface area (Å²) in [7, 11) is 6.37. The van der Waals surface area contributed by atoms with Crippen molar-refractivity contribution in [2.45, 2.75) is 6.04 Å². The molecule has 11 heavy (non-hydrogen) atoms. The lowest BCUT2D eigenvalue weighted by atomic mass is 10.2. The minimum Gasteiger partial charge on any atom is -0.308 e. The molecule has 3 nitrogen and oxygen atoms in total. The van der Waals surface area contributed by atoms with E-state index in [1.165, 1.54) is 0 Å². The van der Waals surface area contributed by atoms with Crippen molar-refractivity contribution in [3.8, 4) is 0 Å². The largest absolute Gasteiger partial charge is 0.308 e. The fourth-order valence-corrected chi connectivity index (χ4v) is 1.46. The second-order valence-corrected chi connectivity index (χ2v) is 3.58. The minimum atomic E-state index is 0.531. The molecule has 0 aromatic carbocycles. The Kier molecular flexibility index (Phi) is 3.30. The van der Waals surface area contributed by atoms with E-state index < -0.39 is 0 Å². The van der Waals surface area contributed by atoms with Crippen LogP contribution in [0.3, 0.4) is 0 Å². The minimum absolute atomic E-state index is 0.531. The number of nitrogens with zero attached hydrogens (tertiary/aromatic N) is 3. The molecule has 65 valence electrons. The summed E-state index contributed by atoms with van der Waals surface area (Å²) >= 11 is 0. The summed E-state index contributed by atoms with van der Waals surface area (Å²) in [5.74, 6) is 0. The van der Waals surface area contributed by atoms with Gasteiger partial charge in [0.25, 0.3) is 0 Å². The van der Waals surface area contributed by atoms with E-state index in [-0.39, 0.29) is 0 Å². The molecule has 0 aromatic heterocycles. The molecular weight excluding hydrogens is 138 g/mol. The van der Waals surface area contributed by atoms with Crippen molar-refractivity contribution in [3.63, 3.8) is 0 Å². The van der Waals surface area contributed by atoms with Gasteiger partial charge in [-0.05, 0) is 21.1 Å². The van der Waals surface area contributed by atoms with Crippen molar-refractivity contribution >= 4 is 0 Å². The van der Waals surface area contributed by atoms with Crippen molar-refractivity contribution in [1.82, 2.24) is 15.1 Å². The molecule has 0 aliphatic carbocycles. The van der Waals surface area contributed by atoms with Crippen molar-refractivity contribution < 1.29 is 0 Å². The molecule has 1 rings (SSSR count). The lowest BCUT2D eigenvalue weighted by Gasteiger charge is -2.30. The zero-order chi connectivity index (χ0) is 8.27. The summed E-state index contributed by atoms with van der Waals surface area (Å²) in [6.45, 7) is 4.35. The molecule has 0 saturated carbocycles. The Bertz CT molecular complexity index is 112. The molecule has 1 fully saturated rings. The normalized spacial score (nSPS) is 27.8. The zero-order valence-corrected chi connectivity index (χ0v) is 7.75. The van der Waals surface area contributed by atoms with Gasteiger partial charge in [0.05, 0.1) is 6.04 Å². The lowest BCUT2D eigenvalue weighted by Crippen LogP contribution is -2.49. The van der Waals surface area contributed by atoms with E-state index in [2.05, 4.69) is 36.3 Å². The van der Waals surface area contributed by atoms with Crippen LogP contribution in [0, 0.1) is 0 Å². The standard InChI is InChI=1S/C8H18N3/c1-10(2)6-8-7-11(3)5-4-9-8/h8H,4-7H2,1-3H3. The summed E-state index contributed by atoms with van der Waals surface area (Å²) in [5.41, 5.74) is 0. The molecule has 1 heterocycles. The van der Waals surface area contributed by atoms with E-state index in [0.29, 0.717) is 6.04 Å². The van der Waals surface area contributed by atoms with Crippen LogP contribution in [-0.2, 0) is 0 Å². The maximum Gasteiger partial charge on any atom is 0.0500 e.